The van der Waals surface area contributed by atoms with Crippen molar-refractivity contribution in [3.63, 3.8) is 0 Å². The molecule has 2 aromatic heterocycles. The Hall–Kier alpha value is -2.90. The van der Waals surface area contributed by atoms with Gasteiger partial charge in [-0.1, -0.05) is 18.2 Å². The number of hydrogen-bond acceptors (Lipinski definition) is 5. The Bertz CT molecular complexity index is 1100. The van der Waals surface area contributed by atoms with Gasteiger partial charge in [-0.15, -0.1) is 0 Å². The van der Waals surface area contributed by atoms with Crippen LogP contribution in [0.1, 0.15) is 27.2 Å². The van der Waals surface area contributed by atoms with Gasteiger partial charge in [0.15, 0.2) is 0 Å². The van der Waals surface area contributed by atoms with Gasteiger partial charge in [-0.25, -0.2) is 4.79 Å². The van der Waals surface area contributed by atoms with Gasteiger partial charge in [-0.05, 0) is 36.6 Å². The fourth-order valence-electron chi connectivity index (χ4n) is 4.01. The summed E-state index contributed by atoms with van der Waals surface area (Å²) >= 11 is 0. The number of para-hydroxylation sites is 1. The maximum absolute atomic E-state index is 12.8. The molecule has 0 spiro atoms. The van der Waals surface area contributed by atoms with Crippen molar-refractivity contribution in [2.75, 3.05) is 19.7 Å². The number of β-amino-alcohol motifs (C(OH)–C–C–N with tert-alkyl or cyclic N) is 1. The number of aliphatic hydroxyl groups is 2. The zero-order valence-electron chi connectivity index (χ0n) is 16.2. The first-order valence-electron chi connectivity index (χ1n) is 9.74. The van der Waals surface area contributed by atoms with Gasteiger partial charge >= 0.3 is 5.63 Å². The Morgan fingerprint density at radius 2 is 2.07 bits per heavy atom. The van der Waals surface area contributed by atoms with Crippen molar-refractivity contribution in [2.24, 2.45) is 5.92 Å². The fraction of sp³-hybridized carbons (Fsp3) is 0.364. The second-order valence-electron chi connectivity index (χ2n) is 7.64. The first-order chi connectivity index (χ1) is 14.0. The number of carbonyl (C=O) groups excluding carboxylic acids is 1. The number of hydrogen-bond donors (Lipinski definition) is 3. The quantitative estimate of drug-likeness (QED) is 0.608. The van der Waals surface area contributed by atoms with E-state index in [2.05, 4.69) is 11.1 Å². The van der Waals surface area contributed by atoms with Crippen LogP contribution in [-0.2, 0) is 12.8 Å². The Morgan fingerprint density at radius 1 is 1.28 bits per heavy atom. The van der Waals surface area contributed by atoms with Crippen LogP contribution in [0.5, 0.6) is 0 Å². The van der Waals surface area contributed by atoms with Crippen LogP contribution < -0.4 is 5.63 Å². The standard InChI is InChI=1S/C22H24N2O5/c1-13-8-16(7-6-14-9-23-18-5-3-2-4-17(14)18)29-22(28)20(13)21(27)24-10-15(12-25)19(26)11-24/h2-5,8-9,15,19,23,25-26H,6-7,10-12H2,1H3/t15-,19+/m1/s1. The van der Waals surface area contributed by atoms with Gasteiger partial charge in [0, 0.05) is 42.5 Å². The molecule has 0 aliphatic carbocycles. The normalized spacial score (nSPS) is 19.2. The molecule has 0 unspecified atom stereocenters. The second-order valence-corrected chi connectivity index (χ2v) is 7.64. The number of rotatable bonds is 5. The minimum absolute atomic E-state index is 0.00775. The lowest BCUT2D eigenvalue weighted by Crippen LogP contribution is -2.34. The number of H-pyrrole nitrogens is 1. The first kappa shape index (κ1) is 19.4. The van der Waals surface area contributed by atoms with Gasteiger partial charge < -0.3 is 24.5 Å². The molecular weight excluding hydrogens is 372 g/mol. The van der Waals surface area contributed by atoms with Crippen LogP contribution in [0.15, 0.2) is 45.7 Å². The van der Waals surface area contributed by atoms with Crippen molar-refractivity contribution in [2.45, 2.75) is 25.9 Å². The molecule has 152 valence electrons. The molecule has 3 aromatic rings. The Morgan fingerprint density at radius 3 is 2.79 bits per heavy atom. The number of aryl methyl sites for hydroxylation is 3. The predicted octanol–water partition coefficient (Wildman–Crippen LogP) is 1.64. The Labute approximate surface area is 167 Å². The van der Waals surface area contributed by atoms with Gasteiger partial charge in [0.25, 0.3) is 5.91 Å². The molecule has 0 radical (unpaired) electrons. The summed E-state index contributed by atoms with van der Waals surface area (Å²) in [7, 11) is 0. The van der Waals surface area contributed by atoms with Crippen LogP contribution in [0.3, 0.4) is 0 Å². The molecule has 7 heteroatoms. The van der Waals surface area contributed by atoms with Crippen molar-refractivity contribution >= 4 is 16.8 Å². The number of benzene rings is 1. The minimum atomic E-state index is -0.785. The monoisotopic (exact) mass is 396 g/mol. The van der Waals surface area contributed by atoms with E-state index in [9.17, 15) is 19.8 Å². The lowest BCUT2D eigenvalue weighted by molar-refractivity contribution is 0.0757. The number of aromatic amines is 1. The number of aromatic nitrogens is 1. The predicted molar refractivity (Wildman–Crippen MR) is 108 cm³/mol. The van der Waals surface area contributed by atoms with E-state index in [1.54, 1.807) is 13.0 Å². The van der Waals surface area contributed by atoms with E-state index in [1.807, 2.05) is 24.4 Å². The van der Waals surface area contributed by atoms with Crippen LogP contribution in [0.4, 0.5) is 0 Å². The summed E-state index contributed by atoms with van der Waals surface area (Å²) in [6.07, 6.45) is 2.42. The van der Waals surface area contributed by atoms with E-state index < -0.39 is 17.6 Å². The van der Waals surface area contributed by atoms with Crippen molar-refractivity contribution in [3.05, 3.63) is 69.4 Å². The number of nitrogens with one attached hydrogen (secondary N) is 1. The zero-order valence-corrected chi connectivity index (χ0v) is 16.2. The number of fused-ring (bicyclic) bond motifs is 1. The maximum atomic E-state index is 12.8. The van der Waals surface area contributed by atoms with E-state index in [1.165, 1.54) is 4.90 Å². The fourth-order valence-corrected chi connectivity index (χ4v) is 4.01. The van der Waals surface area contributed by atoms with Gasteiger partial charge in [-0.2, -0.15) is 0 Å². The number of aliphatic hydroxyl groups excluding tert-OH is 2. The summed E-state index contributed by atoms with van der Waals surface area (Å²) in [5, 5.41) is 20.3. The molecule has 1 aliphatic heterocycles. The van der Waals surface area contributed by atoms with Gasteiger partial charge in [-0.3, -0.25) is 4.79 Å². The number of carbonyl (C=O) groups is 1. The summed E-state index contributed by atoms with van der Waals surface area (Å²) in [5.74, 6) is -0.319. The maximum Gasteiger partial charge on any atom is 0.349 e. The van der Waals surface area contributed by atoms with Gasteiger partial charge in [0.1, 0.15) is 11.3 Å². The third kappa shape index (κ3) is 3.71. The molecule has 1 saturated heterocycles. The van der Waals surface area contributed by atoms with Gasteiger partial charge in [0.05, 0.1) is 12.7 Å². The molecule has 1 aliphatic rings. The zero-order chi connectivity index (χ0) is 20.5. The van der Waals surface area contributed by atoms with E-state index in [4.69, 9.17) is 4.42 Å². The van der Waals surface area contributed by atoms with E-state index in [0.29, 0.717) is 24.2 Å². The van der Waals surface area contributed by atoms with Crippen LogP contribution in [0.2, 0.25) is 0 Å². The Kier molecular flexibility index (Phi) is 5.25. The summed E-state index contributed by atoms with van der Waals surface area (Å²) in [5.41, 5.74) is 2.09. The van der Waals surface area contributed by atoms with Crippen molar-refractivity contribution < 1.29 is 19.4 Å². The molecule has 0 saturated carbocycles. The number of likely N-dealkylation sites (tertiary alicyclic amines) is 1. The smallest absolute Gasteiger partial charge is 0.349 e. The highest BCUT2D eigenvalue weighted by Gasteiger charge is 2.35. The molecule has 4 rings (SSSR count). The summed E-state index contributed by atoms with van der Waals surface area (Å²) < 4.78 is 5.44. The summed E-state index contributed by atoms with van der Waals surface area (Å²) in [4.78, 5) is 29.9. The topological polar surface area (TPSA) is 107 Å². The molecule has 1 aromatic carbocycles. The summed E-state index contributed by atoms with van der Waals surface area (Å²) in [6, 6.07) is 9.76. The Balaban J connectivity index is 1.51. The highest BCUT2D eigenvalue weighted by molar-refractivity contribution is 5.95. The van der Waals surface area contributed by atoms with Crippen LogP contribution in [-0.4, -0.2) is 51.8 Å². The molecule has 29 heavy (non-hydrogen) atoms. The van der Waals surface area contributed by atoms with Crippen LogP contribution in [0, 0.1) is 12.8 Å². The van der Waals surface area contributed by atoms with Crippen LogP contribution in [0.25, 0.3) is 10.9 Å². The molecule has 0 bridgehead atoms. The molecule has 1 amide bonds. The van der Waals surface area contributed by atoms with Crippen molar-refractivity contribution in [3.8, 4) is 0 Å². The van der Waals surface area contributed by atoms with Gasteiger partial charge in [0.2, 0.25) is 0 Å². The number of amides is 1. The SMILES string of the molecule is Cc1cc(CCc2c[nH]c3ccccc23)oc(=O)c1C(=O)N1C[C@H](CO)[C@@H](O)C1. The van der Waals surface area contributed by atoms with Crippen molar-refractivity contribution in [1.29, 1.82) is 0 Å². The molecule has 1 fully saturated rings. The molecule has 7 nitrogen and oxygen atoms in total. The summed E-state index contributed by atoms with van der Waals surface area (Å²) in [6.45, 7) is 1.84. The molecule has 2 atom stereocenters. The lowest BCUT2D eigenvalue weighted by atomic mass is 10.1. The minimum Gasteiger partial charge on any atom is -0.427 e. The molecule has 3 heterocycles. The van der Waals surface area contributed by atoms with Crippen LogP contribution >= 0.6 is 0 Å². The lowest BCUT2D eigenvalue weighted by Gasteiger charge is -2.16. The molecule has 3 N–H and O–H groups in total. The average Bonchev–Trinajstić information content (AvgIpc) is 3.29. The largest absolute Gasteiger partial charge is 0.427 e. The van der Waals surface area contributed by atoms with E-state index in [-0.39, 0.29) is 31.2 Å². The van der Waals surface area contributed by atoms with Crippen molar-refractivity contribution in [1.82, 2.24) is 9.88 Å². The highest BCUT2D eigenvalue weighted by atomic mass is 16.4. The average molecular weight is 396 g/mol. The second kappa shape index (κ2) is 7.85. The third-order valence-corrected chi connectivity index (χ3v) is 5.66. The highest BCUT2D eigenvalue weighted by Crippen LogP contribution is 2.21. The molecular formula is C22H24N2O5. The van der Waals surface area contributed by atoms with E-state index >= 15 is 0 Å². The van der Waals surface area contributed by atoms with E-state index in [0.717, 1.165) is 16.5 Å². The first-order valence-corrected chi connectivity index (χ1v) is 9.74. The third-order valence-electron chi connectivity index (χ3n) is 5.66. The number of nitrogens with zero attached hydrogens (tertiary/aromatic N) is 1.